The summed E-state index contributed by atoms with van der Waals surface area (Å²) in [6.45, 7) is 4.80. The molecule has 0 aliphatic carbocycles. The number of likely N-dealkylation sites (N-methyl/N-ethyl adjacent to an activating group) is 1. The number of carbonyl (C=O) groups is 1. The Hall–Kier alpha value is -0.500. The molecule has 77 heavy (non-hydrogen) atoms. The molecule has 0 heterocycles. The highest BCUT2D eigenvalue weighted by atomic mass is 31.2. The summed E-state index contributed by atoms with van der Waals surface area (Å²) in [7, 11) is 1.33. The van der Waals surface area contributed by atoms with E-state index in [1.807, 2.05) is 21.1 Å². The Morgan fingerprint density at radius 1 is 0.403 bits per heavy atom. The highest BCUT2D eigenvalue weighted by Gasteiger charge is 2.24. The minimum absolute atomic E-state index is 0.0170. The topological polar surface area (TPSA) is 108 Å². The predicted molar refractivity (Wildman–Crippen MR) is 335 cm³/mol. The van der Waals surface area contributed by atoms with Crippen molar-refractivity contribution in [3.05, 3.63) is 0 Å². The normalized spacial score (nSPS) is 13.6. The van der Waals surface area contributed by atoms with Crippen LogP contribution in [0.5, 0.6) is 0 Å². The summed E-state index contributed by atoms with van der Waals surface area (Å²) < 4.78 is 23.5. The molecule has 462 valence electrons. The molecule has 0 saturated carbocycles. The molecule has 3 atom stereocenters. The molecule has 0 aromatic rings. The van der Waals surface area contributed by atoms with E-state index in [1.54, 1.807) is 0 Å². The Kier molecular flexibility index (Phi) is 59.7. The van der Waals surface area contributed by atoms with Crippen molar-refractivity contribution in [3.63, 3.8) is 0 Å². The number of nitrogens with one attached hydrogen (secondary N) is 1. The standard InChI is InChI=1S/C68H139N2O6P/c1-6-8-10-12-14-16-18-20-22-24-26-28-30-32-34-36-37-39-41-43-45-47-49-51-53-55-57-59-61-67(71)66(65-76-77(73,74)75-64-63-70(3,4)5)69-68(72)62-60-58-56-54-52-50-48-46-44-42-40-38-35-33-31-29-27-25-23-21-19-17-15-13-11-9-7-2/h66-67,71H,6-65H2,1-5H3,(H-,69,72,73,74). The van der Waals surface area contributed by atoms with Gasteiger partial charge in [0, 0.05) is 6.42 Å². The fourth-order valence-corrected chi connectivity index (χ4v) is 11.9. The van der Waals surface area contributed by atoms with Gasteiger partial charge in [0.15, 0.2) is 0 Å². The maximum atomic E-state index is 13.1. The lowest BCUT2D eigenvalue weighted by molar-refractivity contribution is -0.870. The molecule has 1 amide bonds. The van der Waals surface area contributed by atoms with Gasteiger partial charge in [0.05, 0.1) is 39.9 Å². The van der Waals surface area contributed by atoms with Crippen molar-refractivity contribution >= 4 is 13.7 Å². The highest BCUT2D eigenvalue weighted by Crippen LogP contribution is 2.38. The summed E-state index contributed by atoms with van der Waals surface area (Å²) in [5.41, 5.74) is 0. The smallest absolute Gasteiger partial charge is 0.268 e. The summed E-state index contributed by atoms with van der Waals surface area (Å²) in [5.74, 6) is -0.153. The third-order valence-corrected chi connectivity index (χ3v) is 17.6. The second-order valence-corrected chi connectivity index (χ2v) is 27.0. The molecule has 0 fully saturated rings. The average Bonchev–Trinajstić information content (AvgIpc) is 3.39. The second kappa shape index (κ2) is 60.1. The summed E-state index contributed by atoms with van der Waals surface area (Å²) >= 11 is 0. The second-order valence-electron chi connectivity index (χ2n) is 25.6. The van der Waals surface area contributed by atoms with Crippen LogP contribution >= 0.6 is 7.82 Å². The van der Waals surface area contributed by atoms with Gasteiger partial charge in [0.1, 0.15) is 13.2 Å². The number of phosphoric acid groups is 1. The van der Waals surface area contributed by atoms with E-state index in [0.29, 0.717) is 23.9 Å². The molecular weight excluding hydrogens is 972 g/mol. The molecule has 3 unspecified atom stereocenters. The first kappa shape index (κ1) is 76.5. The lowest BCUT2D eigenvalue weighted by Gasteiger charge is -2.30. The number of aliphatic hydroxyl groups excluding tert-OH is 1. The van der Waals surface area contributed by atoms with Crippen molar-refractivity contribution in [2.24, 2.45) is 0 Å². The molecular formula is C68H139N2O6P. The van der Waals surface area contributed by atoms with E-state index in [9.17, 15) is 19.4 Å². The van der Waals surface area contributed by atoms with Crippen LogP contribution in [0.15, 0.2) is 0 Å². The van der Waals surface area contributed by atoms with Gasteiger partial charge in [-0.1, -0.05) is 361 Å². The summed E-state index contributed by atoms with van der Waals surface area (Å²) in [6.07, 6.45) is 74.6. The molecule has 0 aliphatic rings. The van der Waals surface area contributed by atoms with Crippen LogP contribution in [-0.4, -0.2) is 68.5 Å². The van der Waals surface area contributed by atoms with Crippen LogP contribution in [0.1, 0.15) is 380 Å². The first-order valence-corrected chi connectivity index (χ1v) is 36.3. The van der Waals surface area contributed by atoms with Crippen LogP contribution in [0.4, 0.5) is 0 Å². The number of amides is 1. The first-order valence-electron chi connectivity index (χ1n) is 34.9. The van der Waals surface area contributed by atoms with Crippen LogP contribution in [0.25, 0.3) is 0 Å². The van der Waals surface area contributed by atoms with E-state index >= 15 is 0 Å². The van der Waals surface area contributed by atoms with E-state index in [-0.39, 0.29) is 19.1 Å². The Bertz CT molecular complexity index is 1220. The van der Waals surface area contributed by atoms with Gasteiger partial charge in [-0.05, 0) is 12.8 Å². The Balaban J connectivity index is 3.99. The lowest BCUT2D eigenvalue weighted by atomic mass is 10.0. The summed E-state index contributed by atoms with van der Waals surface area (Å²) in [5, 5.41) is 14.1. The van der Waals surface area contributed by atoms with Crippen molar-refractivity contribution in [1.82, 2.24) is 5.32 Å². The maximum absolute atomic E-state index is 13.1. The van der Waals surface area contributed by atoms with Gasteiger partial charge in [-0.25, -0.2) is 0 Å². The average molecular weight is 1110 g/mol. The van der Waals surface area contributed by atoms with E-state index < -0.39 is 20.0 Å². The van der Waals surface area contributed by atoms with Crippen LogP contribution in [0.2, 0.25) is 0 Å². The lowest BCUT2D eigenvalue weighted by Crippen LogP contribution is -2.46. The predicted octanol–water partition coefficient (Wildman–Crippen LogP) is 21.3. The zero-order valence-electron chi connectivity index (χ0n) is 53.0. The fraction of sp³-hybridized carbons (Fsp3) is 0.985. The zero-order valence-corrected chi connectivity index (χ0v) is 53.9. The molecule has 2 N–H and O–H groups in total. The summed E-state index contributed by atoms with van der Waals surface area (Å²) in [4.78, 5) is 25.7. The van der Waals surface area contributed by atoms with E-state index in [4.69, 9.17) is 9.05 Å². The quantitative estimate of drug-likeness (QED) is 0.0357. The number of rotatable bonds is 66. The number of phosphoric ester groups is 1. The Labute approximate surface area is 482 Å². The molecule has 9 heteroatoms. The minimum Gasteiger partial charge on any atom is -0.756 e. The van der Waals surface area contributed by atoms with Crippen LogP contribution in [-0.2, 0) is 18.4 Å². The van der Waals surface area contributed by atoms with Crippen molar-refractivity contribution < 1.29 is 32.9 Å². The molecule has 0 aliphatic heterocycles. The van der Waals surface area contributed by atoms with Crippen molar-refractivity contribution in [2.45, 2.75) is 392 Å². The van der Waals surface area contributed by atoms with Crippen LogP contribution in [0.3, 0.4) is 0 Å². The van der Waals surface area contributed by atoms with Crippen LogP contribution < -0.4 is 10.2 Å². The zero-order chi connectivity index (χ0) is 56.3. The fourth-order valence-electron chi connectivity index (χ4n) is 11.2. The van der Waals surface area contributed by atoms with Gasteiger partial charge < -0.3 is 28.8 Å². The van der Waals surface area contributed by atoms with E-state index in [0.717, 1.165) is 38.5 Å². The van der Waals surface area contributed by atoms with Crippen molar-refractivity contribution in [3.8, 4) is 0 Å². The summed E-state index contributed by atoms with van der Waals surface area (Å²) in [6, 6.07) is -0.797. The van der Waals surface area contributed by atoms with Gasteiger partial charge in [0.25, 0.3) is 7.82 Å². The van der Waals surface area contributed by atoms with Gasteiger partial charge in [-0.3, -0.25) is 9.36 Å². The Morgan fingerprint density at radius 3 is 0.883 bits per heavy atom. The number of unbranched alkanes of at least 4 members (excludes halogenated alkanes) is 53. The van der Waals surface area contributed by atoms with Gasteiger partial charge >= 0.3 is 0 Å². The van der Waals surface area contributed by atoms with Crippen molar-refractivity contribution in [2.75, 3.05) is 40.9 Å². The SMILES string of the molecule is CCCCCCCCCCCCCCCCCCCCCCCCCCCCCCC(O)C(COP(=O)([O-])OCC[N+](C)(C)C)NC(=O)CCCCCCCCCCCCCCCCCCCCCCCCCCCCC. The van der Waals surface area contributed by atoms with Crippen molar-refractivity contribution in [1.29, 1.82) is 0 Å². The molecule has 0 saturated heterocycles. The monoisotopic (exact) mass is 1110 g/mol. The molecule has 0 aromatic heterocycles. The van der Waals surface area contributed by atoms with Crippen LogP contribution in [0, 0.1) is 0 Å². The van der Waals surface area contributed by atoms with Gasteiger partial charge in [-0.15, -0.1) is 0 Å². The third-order valence-electron chi connectivity index (χ3n) is 16.6. The molecule has 0 spiro atoms. The molecule has 0 rings (SSSR count). The molecule has 0 bridgehead atoms. The molecule has 8 nitrogen and oxygen atoms in total. The van der Waals surface area contributed by atoms with Gasteiger partial charge in [0.2, 0.25) is 5.91 Å². The Morgan fingerprint density at radius 2 is 0.636 bits per heavy atom. The molecule has 0 aromatic carbocycles. The molecule has 0 radical (unpaired) electrons. The highest BCUT2D eigenvalue weighted by molar-refractivity contribution is 7.45. The number of hydrogen-bond acceptors (Lipinski definition) is 6. The first-order chi connectivity index (χ1) is 37.5. The number of hydrogen-bond donors (Lipinski definition) is 2. The van der Waals surface area contributed by atoms with E-state index in [2.05, 4.69) is 19.2 Å². The number of aliphatic hydroxyl groups is 1. The number of carbonyl (C=O) groups excluding carboxylic acids is 1. The van der Waals surface area contributed by atoms with Gasteiger partial charge in [-0.2, -0.15) is 0 Å². The maximum Gasteiger partial charge on any atom is 0.268 e. The van der Waals surface area contributed by atoms with E-state index in [1.165, 1.54) is 315 Å². The number of quaternary nitrogens is 1. The minimum atomic E-state index is -4.57. The number of nitrogens with zero attached hydrogens (tertiary/aromatic N) is 1. The largest absolute Gasteiger partial charge is 0.756 e. The third kappa shape index (κ3) is 62.9.